The van der Waals surface area contributed by atoms with Crippen molar-refractivity contribution in [1.82, 2.24) is 5.32 Å². The quantitative estimate of drug-likeness (QED) is 0.0490. The first-order valence-corrected chi connectivity index (χ1v) is 19.4. The molecule has 0 bridgehead atoms. The van der Waals surface area contributed by atoms with Crippen LogP contribution in [0.15, 0.2) is 48.6 Å². The fourth-order valence-corrected chi connectivity index (χ4v) is 5.52. The molecule has 1 amide bonds. The summed E-state index contributed by atoms with van der Waals surface area (Å²) in [6, 6.07) is -0.618. The van der Waals surface area contributed by atoms with Crippen LogP contribution in [0.5, 0.6) is 0 Å². The van der Waals surface area contributed by atoms with Gasteiger partial charge in [-0.15, -0.1) is 0 Å². The molecule has 0 aliphatic carbocycles. The number of aliphatic hydroxyl groups excluding tert-OH is 2. The highest BCUT2D eigenvalue weighted by atomic mass is 16.3. The highest BCUT2D eigenvalue weighted by molar-refractivity contribution is 5.76. The minimum absolute atomic E-state index is 0.0761. The van der Waals surface area contributed by atoms with Gasteiger partial charge in [0.2, 0.25) is 5.91 Å². The second kappa shape index (κ2) is 36.8. The van der Waals surface area contributed by atoms with Gasteiger partial charge >= 0.3 is 0 Å². The van der Waals surface area contributed by atoms with E-state index in [-0.39, 0.29) is 12.5 Å². The molecule has 0 heterocycles. The van der Waals surface area contributed by atoms with E-state index < -0.39 is 12.1 Å². The van der Waals surface area contributed by atoms with Crippen LogP contribution in [0.2, 0.25) is 0 Å². The molecule has 0 aliphatic rings. The smallest absolute Gasteiger partial charge is 0.220 e. The molecule has 4 nitrogen and oxygen atoms in total. The number of aliphatic hydroxyl groups is 2. The molecule has 262 valence electrons. The van der Waals surface area contributed by atoms with Crippen LogP contribution in [0.25, 0.3) is 0 Å². The van der Waals surface area contributed by atoms with Crippen molar-refractivity contribution in [3.05, 3.63) is 48.6 Å². The number of hydrogen-bond donors (Lipinski definition) is 3. The molecule has 0 aromatic carbocycles. The molecule has 0 fully saturated rings. The average molecular weight is 630 g/mol. The molecule has 45 heavy (non-hydrogen) atoms. The Hall–Kier alpha value is -1.65. The summed E-state index contributed by atoms with van der Waals surface area (Å²) in [7, 11) is 0. The SMILES string of the molecule is CCCC/C=C/C(O)C(CO)NC(=O)CCCCCCCCCCCCCCCC/C=C\C/C=C\C/C=C\CCCCCCC. The molecule has 0 radical (unpaired) electrons. The molecule has 3 N–H and O–H groups in total. The summed E-state index contributed by atoms with van der Waals surface area (Å²) in [5, 5.41) is 22.5. The third-order valence-corrected chi connectivity index (χ3v) is 8.56. The highest BCUT2D eigenvalue weighted by Gasteiger charge is 2.17. The summed E-state index contributed by atoms with van der Waals surface area (Å²) < 4.78 is 0. The zero-order valence-electron chi connectivity index (χ0n) is 29.9. The van der Waals surface area contributed by atoms with Crippen molar-refractivity contribution >= 4 is 5.91 Å². The van der Waals surface area contributed by atoms with Crippen molar-refractivity contribution < 1.29 is 15.0 Å². The van der Waals surface area contributed by atoms with E-state index in [9.17, 15) is 15.0 Å². The zero-order valence-corrected chi connectivity index (χ0v) is 29.9. The van der Waals surface area contributed by atoms with Gasteiger partial charge in [-0.25, -0.2) is 0 Å². The number of nitrogens with one attached hydrogen (secondary N) is 1. The van der Waals surface area contributed by atoms with Gasteiger partial charge in [0.15, 0.2) is 0 Å². The summed E-state index contributed by atoms with van der Waals surface area (Å²) in [5.74, 6) is -0.0761. The van der Waals surface area contributed by atoms with E-state index in [0.29, 0.717) is 6.42 Å². The van der Waals surface area contributed by atoms with Crippen molar-refractivity contribution in [2.75, 3.05) is 6.61 Å². The Balaban J connectivity index is 3.42. The Labute approximate surface area is 280 Å². The highest BCUT2D eigenvalue weighted by Crippen LogP contribution is 2.14. The number of hydrogen-bond acceptors (Lipinski definition) is 3. The Morgan fingerprint density at radius 3 is 1.40 bits per heavy atom. The van der Waals surface area contributed by atoms with Gasteiger partial charge < -0.3 is 15.5 Å². The van der Waals surface area contributed by atoms with E-state index in [4.69, 9.17) is 0 Å². The largest absolute Gasteiger partial charge is 0.394 e. The molecule has 2 atom stereocenters. The monoisotopic (exact) mass is 630 g/mol. The van der Waals surface area contributed by atoms with Crippen LogP contribution in [0.1, 0.15) is 187 Å². The van der Waals surface area contributed by atoms with Crippen molar-refractivity contribution in [3.8, 4) is 0 Å². The predicted octanol–water partition coefficient (Wildman–Crippen LogP) is 11.6. The fraction of sp³-hybridized carbons (Fsp3) is 0.780. The van der Waals surface area contributed by atoms with E-state index in [1.54, 1.807) is 6.08 Å². The van der Waals surface area contributed by atoms with Gasteiger partial charge in [0.25, 0.3) is 0 Å². The molecular formula is C41H75NO3. The number of carbonyl (C=O) groups is 1. The Morgan fingerprint density at radius 2 is 0.933 bits per heavy atom. The van der Waals surface area contributed by atoms with E-state index >= 15 is 0 Å². The lowest BCUT2D eigenvalue weighted by Crippen LogP contribution is -2.45. The van der Waals surface area contributed by atoms with Crippen molar-refractivity contribution in [2.24, 2.45) is 0 Å². The third-order valence-electron chi connectivity index (χ3n) is 8.56. The van der Waals surface area contributed by atoms with Gasteiger partial charge in [0.1, 0.15) is 0 Å². The summed E-state index contributed by atoms with van der Waals surface area (Å²) >= 11 is 0. The summed E-state index contributed by atoms with van der Waals surface area (Å²) in [5.41, 5.74) is 0. The Morgan fingerprint density at radius 1 is 0.533 bits per heavy atom. The minimum atomic E-state index is -0.834. The molecular weight excluding hydrogens is 554 g/mol. The van der Waals surface area contributed by atoms with Crippen LogP contribution in [-0.2, 0) is 4.79 Å². The maximum absolute atomic E-state index is 12.2. The van der Waals surface area contributed by atoms with Gasteiger partial charge in [-0.1, -0.05) is 178 Å². The molecule has 4 heteroatoms. The van der Waals surface area contributed by atoms with Crippen LogP contribution in [-0.4, -0.2) is 34.9 Å². The number of amides is 1. The maximum Gasteiger partial charge on any atom is 0.220 e. The first-order valence-electron chi connectivity index (χ1n) is 19.4. The fourth-order valence-electron chi connectivity index (χ4n) is 5.52. The first kappa shape index (κ1) is 43.4. The normalized spacial score (nSPS) is 13.6. The van der Waals surface area contributed by atoms with Gasteiger partial charge in [-0.3, -0.25) is 4.79 Å². The van der Waals surface area contributed by atoms with Crippen LogP contribution >= 0.6 is 0 Å². The second-order valence-electron chi connectivity index (χ2n) is 13.0. The zero-order chi connectivity index (χ0) is 32.9. The van der Waals surface area contributed by atoms with E-state index in [0.717, 1.165) is 44.9 Å². The molecule has 0 saturated heterocycles. The molecule has 2 unspecified atom stereocenters. The molecule has 0 rings (SSSR count). The Kier molecular flexibility index (Phi) is 35.5. The molecule has 0 aromatic rings. The summed E-state index contributed by atoms with van der Waals surface area (Å²) in [6.45, 7) is 4.15. The third kappa shape index (κ3) is 33.5. The van der Waals surface area contributed by atoms with E-state index in [1.807, 2.05) is 6.08 Å². The van der Waals surface area contributed by atoms with Gasteiger partial charge in [0, 0.05) is 6.42 Å². The number of rotatable bonds is 34. The summed E-state index contributed by atoms with van der Waals surface area (Å²) in [6.07, 6.45) is 49.7. The van der Waals surface area contributed by atoms with Crippen LogP contribution in [0.3, 0.4) is 0 Å². The van der Waals surface area contributed by atoms with Crippen molar-refractivity contribution in [3.63, 3.8) is 0 Å². The standard InChI is InChI=1S/C41H75NO3/c1-3-5-7-9-10-11-12-13-14-15-16-17-18-19-20-21-22-23-24-25-26-27-28-29-30-31-32-33-35-37-41(45)42-39(38-43)40(44)36-34-8-6-4-2/h12-13,15-16,18-19,34,36,39-40,43-44H,3-11,14,17,20-33,35,37-38H2,1-2H3,(H,42,45)/b13-12-,16-15-,19-18-,36-34+. The molecule has 0 aromatic heterocycles. The molecule has 0 spiro atoms. The van der Waals surface area contributed by atoms with Crippen LogP contribution < -0.4 is 5.32 Å². The topological polar surface area (TPSA) is 69.6 Å². The predicted molar refractivity (Wildman–Crippen MR) is 198 cm³/mol. The van der Waals surface area contributed by atoms with Gasteiger partial charge in [0.05, 0.1) is 18.8 Å². The lowest BCUT2D eigenvalue weighted by molar-refractivity contribution is -0.123. The molecule has 0 saturated carbocycles. The number of carbonyl (C=O) groups excluding carboxylic acids is 1. The maximum atomic E-state index is 12.2. The number of unbranched alkanes of at least 4 members (excludes halogenated alkanes) is 21. The van der Waals surface area contributed by atoms with Gasteiger partial charge in [-0.2, -0.15) is 0 Å². The van der Waals surface area contributed by atoms with Crippen molar-refractivity contribution in [2.45, 2.75) is 199 Å². The minimum Gasteiger partial charge on any atom is -0.394 e. The lowest BCUT2D eigenvalue weighted by atomic mass is 10.0. The van der Waals surface area contributed by atoms with Crippen LogP contribution in [0, 0.1) is 0 Å². The average Bonchev–Trinajstić information content (AvgIpc) is 3.04. The van der Waals surface area contributed by atoms with E-state index in [1.165, 1.54) is 122 Å². The lowest BCUT2D eigenvalue weighted by Gasteiger charge is -2.19. The first-order chi connectivity index (χ1) is 22.2. The molecule has 0 aliphatic heterocycles. The van der Waals surface area contributed by atoms with Gasteiger partial charge in [-0.05, 0) is 51.4 Å². The van der Waals surface area contributed by atoms with Crippen molar-refractivity contribution in [1.29, 1.82) is 0 Å². The van der Waals surface area contributed by atoms with Crippen LogP contribution in [0.4, 0.5) is 0 Å². The Bertz CT molecular complexity index is 726. The van der Waals surface area contributed by atoms with E-state index in [2.05, 4.69) is 55.6 Å². The second-order valence-corrected chi connectivity index (χ2v) is 13.0. The summed E-state index contributed by atoms with van der Waals surface area (Å²) in [4.78, 5) is 12.2. The number of allylic oxidation sites excluding steroid dienone is 7.